The first-order chi connectivity index (χ1) is 16.5. The van der Waals surface area contributed by atoms with Gasteiger partial charge in [0.15, 0.2) is 0 Å². The molecule has 0 spiro atoms. The molecule has 0 saturated heterocycles. The molecule has 0 saturated carbocycles. The first-order valence-corrected chi connectivity index (χ1v) is 10.3. The average Bonchev–Trinajstić information content (AvgIpc) is 3.24. The Morgan fingerprint density at radius 2 is 1.28 bits per heavy atom. The number of carboxylic acid groups (broad SMARTS) is 4. The summed E-state index contributed by atoms with van der Waals surface area (Å²) in [6.45, 7) is 5.99. The Kier molecular flexibility index (Phi) is 15.3. The summed E-state index contributed by atoms with van der Waals surface area (Å²) in [7, 11) is 0. The Labute approximate surface area is 205 Å². The highest BCUT2D eigenvalue weighted by atomic mass is 16.6. The van der Waals surface area contributed by atoms with Crippen molar-refractivity contribution in [3.63, 3.8) is 0 Å². The minimum Gasteiger partial charge on any atom is -0.481 e. The number of hydrogen-bond acceptors (Lipinski definition) is 10. The predicted octanol–water partition coefficient (Wildman–Crippen LogP) is 1.32. The molecule has 36 heavy (non-hydrogen) atoms. The lowest BCUT2D eigenvalue weighted by molar-refractivity contribution is -0.155. The standard InChI is InChI=1S/C11H12O7.C4H2O3.C4H8O2.C3H6O2/c1-5-6(9(15)18-8(5)14)3-11(2,10(16)17)4-7(12)13;5-3-1-2-4(6)7-3;1-2-3-4(5)6;1-2-3(4)5/h3-4H2,1-2H3,(H,12,13)(H,16,17);1-2H;2-3H2,1H3,(H,5,6);2H2,1H3,(H,4,5). The lowest BCUT2D eigenvalue weighted by atomic mass is 9.80. The van der Waals surface area contributed by atoms with E-state index in [4.69, 9.17) is 20.4 Å². The summed E-state index contributed by atoms with van der Waals surface area (Å²) >= 11 is 0. The van der Waals surface area contributed by atoms with E-state index in [0.717, 1.165) is 18.6 Å². The van der Waals surface area contributed by atoms with Gasteiger partial charge in [-0.25, -0.2) is 19.2 Å². The quantitative estimate of drug-likeness (QED) is 0.263. The number of carbonyl (C=O) groups is 8. The van der Waals surface area contributed by atoms with Crippen molar-refractivity contribution < 1.29 is 68.3 Å². The van der Waals surface area contributed by atoms with Crippen LogP contribution in [0.15, 0.2) is 23.3 Å². The maximum atomic E-state index is 11.3. The van der Waals surface area contributed by atoms with Crippen LogP contribution in [0.4, 0.5) is 0 Å². The summed E-state index contributed by atoms with van der Waals surface area (Å²) in [5.41, 5.74) is -1.71. The van der Waals surface area contributed by atoms with Crippen molar-refractivity contribution in [3.05, 3.63) is 23.3 Å². The Hall–Kier alpha value is -4.36. The van der Waals surface area contributed by atoms with E-state index >= 15 is 0 Å². The Morgan fingerprint density at radius 3 is 1.47 bits per heavy atom. The van der Waals surface area contributed by atoms with Gasteiger partial charge in [0.25, 0.3) is 0 Å². The number of rotatable bonds is 8. The smallest absolute Gasteiger partial charge is 0.342 e. The molecule has 14 nitrogen and oxygen atoms in total. The lowest BCUT2D eigenvalue weighted by Gasteiger charge is -2.22. The third kappa shape index (κ3) is 14.0. The second kappa shape index (κ2) is 16.3. The molecule has 0 fully saturated rings. The number of carbonyl (C=O) groups excluding carboxylic acids is 4. The molecule has 2 heterocycles. The molecule has 0 radical (unpaired) electrons. The van der Waals surface area contributed by atoms with Crippen LogP contribution in [0.2, 0.25) is 0 Å². The zero-order valence-electron chi connectivity index (χ0n) is 20.1. The van der Waals surface area contributed by atoms with Crippen molar-refractivity contribution >= 4 is 47.8 Å². The number of cyclic esters (lactones) is 4. The van der Waals surface area contributed by atoms with E-state index in [-0.39, 0.29) is 24.0 Å². The monoisotopic (exact) mass is 516 g/mol. The third-order valence-electron chi connectivity index (χ3n) is 4.14. The van der Waals surface area contributed by atoms with Crippen LogP contribution in [0, 0.1) is 5.41 Å². The van der Waals surface area contributed by atoms with Crippen molar-refractivity contribution in [1.82, 2.24) is 0 Å². The first kappa shape index (κ1) is 33.8. The topological polar surface area (TPSA) is 236 Å². The molecule has 14 heteroatoms. The summed E-state index contributed by atoms with van der Waals surface area (Å²) in [4.78, 5) is 83.0. The van der Waals surface area contributed by atoms with Gasteiger partial charge in [-0.1, -0.05) is 13.8 Å². The van der Waals surface area contributed by atoms with Gasteiger partial charge in [-0.3, -0.25) is 19.2 Å². The fourth-order valence-corrected chi connectivity index (χ4v) is 2.16. The SMILES string of the molecule is CC1=C(CC(C)(CC(=O)O)C(=O)O)C(=O)OC1=O.CCC(=O)O.CCCC(=O)O.O=C1C=CC(=O)O1. The normalized spacial score (nSPS) is 15.1. The fourth-order valence-electron chi connectivity index (χ4n) is 2.16. The molecule has 2 aliphatic heterocycles. The van der Waals surface area contributed by atoms with Crippen LogP contribution in [0.25, 0.3) is 0 Å². The predicted molar refractivity (Wildman–Crippen MR) is 117 cm³/mol. The van der Waals surface area contributed by atoms with Gasteiger partial charge in [0, 0.05) is 36.1 Å². The molecule has 0 amide bonds. The molecular formula is C22H28O14. The van der Waals surface area contributed by atoms with Gasteiger partial charge < -0.3 is 29.9 Å². The van der Waals surface area contributed by atoms with E-state index in [0.29, 0.717) is 6.42 Å². The van der Waals surface area contributed by atoms with Crippen molar-refractivity contribution in [2.24, 2.45) is 5.41 Å². The average molecular weight is 516 g/mol. The molecule has 0 aromatic rings. The Morgan fingerprint density at radius 1 is 0.806 bits per heavy atom. The number of carboxylic acids is 4. The zero-order chi connectivity index (χ0) is 28.6. The molecule has 200 valence electrons. The van der Waals surface area contributed by atoms with Crippen LogP contribution >= 0.6 is 0 Å². The van der Waals surface area contributed by atoms with Gasteiger partial charge in [0.05, 0.1) is 11.8 Å². The van der Waals surface area contributed by atoms with E-state index in [1.54, 1.807) is 6.92 Å². The van der Waals surface area contributed by atoms with Gasteiger partial charge in [0.1, 0.15) is 0 Å². The lowest BCUT2D eigenvalue weighted by Crippen LogP contribution is -2.31. The fraction of sp³-hybridized carbons (Fsp3) is 0.455. The van der Waals surface area contributed by atoms with Gasteiger partial charge in [-0.2, -0.15) is 0 Å². The molecule has 4 N–H and O–H groups in total. The van der Waals surface area contributed by atoms with E-state index in [2.05, 4.69) is 9.47 Å². The van der Waals surface area contributed by atoms with Crippen LogP contribution in [-0.4, -0.2) is 68.2 Å². The van der Waals surface area contributed by atoms with Crippen molar-refractivity contribution in [1.29, 1.82) is 0 Å². The summed E-state index contributed by atoms with van der Waals surface area (Å²) in [6.07, 6.45) is 2.41. The number of esters is 4. The van der Waals surface area contributed by atoms with E-state index in [1.165, 1.54) is 13.8 Å². The first-order valence-electron chi connectivity index (χ1n) is 10.3. The van der Waals surface area contributed by atoms with Gasteiger partial charge in [0.2, 0.25) is 0 Å². The molecule has 2 aliphatic rings. The largest absolute Gasteiger partial charge is 0.481 e. The number of ether oxygens (including phenoxy) is 2. The Balaban J connectivity index is 0. The summed E-state index contributed by atoms with van der Waals surface area (Å²) < 4.78 is 8.30. The van der Waals surface area contributed by atoms with Crippen molar-refractivity contribution in [2.45, 2.75) is 59.8 Å². The molecule has 0 aromatic carbocycles. The molecule has 0 aromatic heterocycles. The zero-order valence-corrected chi connectivity index (χ0v) is 20.1. The summed E-state index contributed by atoms with van der Waals surface area (Å²) in [5, 5.41) is 33.4. The number of aliphatic carboxylic acids is 4. The second-order valence-corrected chi connectivity index (χ2v) is 7.36. The number of hydrogen-bond donors (Lipinski definition) is 4. The van der Waals surface area contributed by atoms with Crippen molar-refractivity contribution in [2.75, 3.05) is 0 Å². The second-order valence-electron chi connectivity index (χ2n) is 7.36. The van der Waals surface area contributed by atoms with Crippen LogP contribution in [-0.2, 0) is 47.8 Å². The van der Waals surface area contributed by atoms with Gasteiger partial charge in [-0.15, -0.1) is 0 Å². The molecule has 0 aliphatic carbocycles. The van der Waals surface area contributed by atoms with Gasteiger partial charge >= 0.3 is 47.8 Å². The molecule has 1 atom stereocenters. The summed E-state index contributed by atoms with van der Waals surface area (Å²) in [5.74, 6) is -6.99. The van der Waals surface area contributed by atoms with E-state index in [1.807, 2.05) is 6.92 Å². The van der Waals surface area contributed by atoms with Gasteiger partial charge in [-0.05, 0) is 26.7 Å². The highest BCUT2D eigenvalue weighted by Gasteiger charge is 2.41. The minimum absolute atomic E-state index is 0.0258. The van der Waals surface area contributed by atoms with E-state index < -0.39 is 59.6 Å². The minimum atomic E-state index is -1.66. The Bertz CT molecular complexity index is 940. The van der Waals surface area contributed by atoms with Crippen molar-refractivity contribution in [3.8, 4) is 0 Å². The van der Waals surface area contributed by atoms with Crippen LogP contribution < -0.4 is 0 Å². The highest BCUT2D eigenvalue weighted by Crippen LogP contribution is 2.34. The molecule has 2 rings (SSSR count). The van der Waals surface area contributed by atoms with Crippen LogP contribution in [0.1, 0.15) is 59.8 Å². The highest BCUT2D eigenvalue weighted by molar-refractivity contribution is 6.12. The summed E-state index contributed by atoms with van der Waals surface area (Å²) in [6, 6.07) is 0. The molecular weight excluding hydrogens is 488 g/mol. The maximum absolute atomic E-state index is 11.3. The molecule has 0 bridgehead atoms. The molecule has 1 unspecified atom stereocenters. The van der Waals surface area contributed by atoms with Crippen LogP contribution in [0.3, 0.4) is 0 Å². The van der Waals surface area contributed by atoms with Crippen LogP contribution in [0.5, 0.6) is 0 Å². The van der Waals surface area contributed by atoms with E-state index in [9.17, 15) is 38.4 Å². The maximum Gasteiger partial charge on any atom is 0.342 e. The third-order valence-corrected chi connectivity index (χ3v) is 4.14.